The predicted octanol–water partition coefficient (Wildman–Crippen LogP) is 1.64. The van der Waals surface area contributed by atoms with Crippen molar-refractivity contribution >= 4 is 15.6 Å². The smallest absolute Gasteiger partial charge is 0.238 e. The highest BCUT2D eigenvalue weighted by molar-refractivity contribution is 7.89. The minimum absolute atomic E-state index is 0.136. The van der Waals surface area contributed by atoms with E-state index in [9.17, 15) is 8.42 Å². The fourth-order valence-electron chi connectivity index (χ4n) is 2.69. The van der Waals surface area contributed by atoms with Crippen molar-refractivity contribution in [1.29, 1.82) is 0 Å². The van der Waals surface area contributed by atoms with Gasteiger partial charge in [-0.25, -0.2) is 13.6 Å². The monoisotopic (exact) mass is 295 g/mol. The van der Waals surface area contributed by atoms with E-state index in [1.807, 2.05) is 0 Å². The second-order valence-electron chi connectivity index (χ2n) is 5.11. The van der Waals surface area contributed by atoms with Gasteiger partial charge in [0.05, 0.1) is 18.1 Å². The fraction of sp³-hybridized carbons (Fsp3) is 0.429. The summed E-state index contributed by atoms with van der Waals surface area (Å²) in [5.41, 5.74) is 2.21. The molecule has 1 saturated heterocycles. The van der Waals surface area contributed by atoms with Crippen LogP contribution in [0.4, 0.5) is 0 Å². The van der Waals surface area contributed by atoms with Crippen molar-refractivity contribution in [3.8, 4) is 0 Å². The van der Waals surface area contributed by atoms with Crippen molar-refractivity contribution in [2.75, 3.05) is 13.2 Å². The van der Waals surface area contributed by atoms with Crippen LogP contribution < -0.4 is 5.14 Å². The molecule has 2 N–H and O–H groups in total. The molecular formula is C14H17NO4S. The molecule has 1 heterocycles. The molecule has 20 heavy (non-hydrogen) atoms. The maximum atomic E-state index is 11.2. The Balaban J connectivity index is 1.79. The van der Waals surface area contributed by atoms with Crippen LogP contribution in [0.5, 0.6) is 0 Å². The Morgan fingerprint density at radius 3 is 2.25 bits per heavy atom. The Morgan fingerprint density at radius 2 is 1.75 bits per heavy atom. The van der Waals surface area contributed by atoms with Crippen LogP contribution in [-0.4, -0.2) is 27.4 Å². The number of sulfonamides is 1. The highest BCUT2D eigenvalue weighted by atomic mass is 32.2. The molecule has 0 aromatic heterocycles. The number of hydrogen-bond acceptors (Lipinski definition) is 4. The maximum Gasteiger partial charge on any atom is 0.238 e. The van der Waals surface area contributed by atoms with Crippen molar-refractivity contribution in [3.63, 3.8) is 0 Å². The molecule has 108 valence electrons. The van der Waals surface area contributed by atoms with Crippen LogP contribution in [0, 0.1) is 0 Å². The van der Waals surface area contributed by atoms with Crippen LogP contribution in [0.1, 0.15) is 24.8 Å². The topological polar surface area (TPSA) is 78.6 Å². The molecule has 1 aromatic carbocycles. The fourth-order valence-corrected chi connectivity index (χ4v) is 3.20. The van der Waals surface area contributed by atoms with Crippen molar-refractivity contribution < 1.29 is 17.9 Å². The van der Waals surface area contributed by atoms with E-state index in [1.54, 1.807) is 24.3 Å². The van der Waals surface area contributed by atoms with Gasteiger partial charge in [0, 0.05) is 12.8 Å². The van der Waals surface area contributed by atoms with Gasteiger partial charge in [-0.15, -0.1) is 0 Å². The van der Waals surface area contributed by atoms with Crippen molar-refractivity contribution in [2.24, 2.45) is 5.14 Å². The third kappa shape index (κ3) is 2.64. The Labute approximate surface area is 118 Å². The molecule has 0 radical (unpaired) electrons. The molecule has 0 amide bonds. The number of rotatable bonds is 2. The van der Waals surface area contributed by atoms with Crippen LogP contribution >= 0.6 is 0 Å². The Hall–Kier alpha value is -1.21. The first kappa shape index (κ1) is 13.8. The molecule has 6 heteroatoms. The van der Waals surface area contributed by atoms with Crippen molar-refractivity contribution in [3.05, 3.63) is 35.9 Å². The van der Waals surface area contributed by atoms with Gasteiger partial charge >= 0.3 is 0 Å². The number of benzene rings is 1. The van der Waals surface area contributed by atoms with E-state index in [0.717, 1.165) is 24.8 Å². The third-order valence-corrected chi connectivity index (χ3v) is 4.73. The summed E-state index contributed by atoms with van der Waals surface area (Å²) in [5, 5.41) is 5.09. The maximum absolute atomic E-state index is 11.2. The zero-order chi connectivity index (χ0) is 14.2. The second kappa shape index (κ2) is 4.96. The molecule has 1 fully saturated rings. The summed E-state index contributed by atoms with van der Waals surface area (Å²) < 4.78 is 33.8. The van der Waals surface area contributed by atoms with Crippen molar-refractivity contribution in [2.45, 2.75) is 29.9 Å². The highest BCUT2D eigenvalue weighted by Gasteiger charge is 2.37. The summed E-state index contributed by atoms with van der Waals surface area (Å²) in [6, 6.07) is 6.66. The Kier molecular flexibility index (Phi) is 3.41. The SMILES string of the molecule is NS(=O)(=O)c1ccc(C2=CCC3(CC2)OCCO3)cc1. The molecule has 1 spiro atoms. The van der Waals surface area contributed by atoms with Crippen LogP contribution in [0.2, 0.25) is 0 Å². The van der Waals surface area contributed by atoms with E-state index >= 15 is 0 Å². The molecule has 0 atom stereocenters. The predicted molar refractivity (Wildman–Crippen MR) is 74.3 cm³/mol. The van der Waals surface area contributed by atoms with Crippen LogP contribution in [-0.2, 0) is 19.5 Å². The van der Waals surface area contributed by atoms with Gasteiger partial charge in [0.1, 0.15) is 0 Å². The lowest BCUT2D eigenvalue weighted by atomic mass is 9.90. The molecule has 0 bridgehead atoms. The van der Waals surface area contributed by atoms with Crippen LogP contribution in [0.3, 0.4) is 0 Å². The summed E-state index contributed by atoms with van der Waals surface area (Å²) >= 11 is 0. The van der Waals surface area contributed by atoms with Crippen molar-refractivity contribution in [1.82, 2.24) is 0 Å². The lowest BCUT2D eigenvalue weighted by molar-refractivity contribution is -0.159. The normalized spacial score (nSPS) is 21.9. The molecule has 0 unspecified atom stereocenters. The molecule has 1 aromatic rings. The number of hydrogen-bond donors (Lipinski definition) is 1. The zero-order valence-corrected chi connectivity index (χ0v) is 11.9. The number of allylic oxidation sites excluding steroid dienone is 1. The molecular weight excluding hydrogens is 278 g/mol. The highest BCUT2D eigenvalue weighted by Crippen LogP contribution is 2.38. The minimum atomic E-state index is -3.63. The lowest BCUT2D eigenvalue weighted by Gasteiger charge is -2.30. The van der Waals surface area contributed by atoms with E-state index in [1.165, 1.54) is 5.57 Å². The number of nitrogens with two attached hydrogens (primary N) is 1. The average Bonchev–Trinajstić information content (AvgIpc) is 2.87. The molecule has 1 aliphatic heterocycles. The first-order valence-corrected chi connectivity index (χ1v) is 8.13. The van der Waals surface area contributed by atoms with E-state index in [0.29, 0.717) is 13.2 Å². The summed E-state index contributed by atoms with van der Waals surface area (Å²) in [6.07, 6.45) is 4.53. The van der Waals surface area contributed by atoms with Crippen LogP contribution in [0.15, 0.2) is 35.2 Å². The quantitative estimate of drug-likeness (QED) is 0.899. The van der Waals surface area contributed by atoms with Gasteiger partial charge in [-0.2, -0.15) is 0 Å². The third-order valence-electron chi connectivity index (χ3n) is 3.80. The zero-order valence-electron chi connectivity index (χ0n) is 11.0. The number of primary sulfonamides is 1. The Morgan fingerprint density at radius 1 is 1.10 bits per heavy atom. The van der Waals surface area contributed by atoms with E-state index in [4.69, 9.17) is 14.6 Å². The summed E-state index contributed by atoms with van der Waals surface area (Å²) in [7, 11) is -3.63. The summed E-state index contributed by atoms with van der Waals surface area (Å²) in [4.78, 5) is 0.136. The second-order valence-corrected chi connectivity index (χ2v) is 6.67. The van der Waals surface area contributed by atoms with Gasteiger partial charge in [0.25, 0.3) is 0 Å². The van der Waals surface area contributed by atoms with E-state index in [2.05, 4.69) is 6.08 Å². The van der Waals surface area contributed by atoms with Gasteiger partial charge in [-0.1, -0.05) is 18.2 Å². The summed E-state index contributed by atoms with van der Waals surface area (Å²) in [6.45, 7) is 1.32. The minimum Gasteiger partial charge on any atom is -0.347 e. The van der Waals surface area contributed by atoms with E-state index < -0.39 is 15.8 Å². The van der Waals surface area contributed by atoms with Gasteiger partial charge < -0.3 is 9.47 Å². The standard InChI is InChI=1S/C14H17NO4S/c15-20(16,17)13-3-1-11(2-4-13)12-5-7-14(8-6-12)18-9-10-19-14/h1-5H,6-10H2,(H2,15,16,17). The lowest BCUT2D eigenvalue weighted by Crippen LogP contribution is -2.31. The summed E-state index contributed by atoms with van der Waals surface area (Å²) in [5.74, 6) is -0.427. The number of ether oxygens (including phenoxy) is 2. The van der Waals surface area contributed by atoms with Crippen LogP contribution in [0.25, 0.3) is 5.57 Å². The average molecular weight is 295 g/mol. The van der Waals surface area contributed by atoms with Gasteiger partial charge in [-0.3, -0.25) is 0 Å². The van der Waals surface area contributed by atoms with E-state index in [-0.39, 0.29) is 4.90 Å². The van der Waals surface area contributed by atoms with Gasteiger partial charge in [-0.05, 0) is 29.7 Å². The molecule has 2 aliphatic rings. The largest absolute Gasteiger partial charge is 0.347 e. The first-order valence-electron chi connectivity index (χ1n) is 6.59. The van der Waals surface area contributed by atoms with Gasteiger partial charge in [0.2, 0.25) is 10.0 Å². The molecule has 0 saturated carbocycles. The first-order chi connectivity index (χ1) is 9.49. The van der Waals surface area contributed by atoms with Gasteiger partial charge in [0.15, 0.2) is 5.79 Å². The molecule has 1 aliphatic carbocycles. The Bertz CT molecular complexity index is 628. The molecule has 3 rings (SSSR count). The molecule has 5 nitrogen and oxygen atoms in total.